The zero-order chi connectivity index (χ0) is 41.3. The second-order valence-corrected chi connectivity index (χ2v) is 25.0. The van der Waals surface area contributed by atoms with Gasteiger partial charge in [0.05, 0.1) is 0 Å². The van der Waals surface area contributed by atoms with Crippen molar-refractivity contribution in [3.63, 3.8) is 0 Å². The molecule has 6 heteroatoms. The minimum atomic E-state index is -0.321. The Hall–Kier alpha value is -4.14. The number of fused-ring (bicyclic) bond motifs is 3. The third kappa shape index (κ3) is 5.74. The van der Waals surface area contributed by atoms with Crippen molar-refractivity contribution in [1.29, 1.82) is 0 Å². The summed E-state index contributed by atoms with van der Waals surface area (Å²) < 4.78 is 0. The van der Waals surface area contributed by atoms with Crippen molar-refractivity contribution < 1.29 is 0 Å². The molecule has 2 atom stereocenters. The van der Waals surface area contributed by atoms with Crippen molar-refractivity contribution >= 4 is 90.3 Å². The Morgan fingerprint density at radius 1 is 0.367 bits per heavy atom. The SMILES string of the molecule is CC(C)(C)C1=CC2=C(c3ccc(-c4ccc(-c5cccs5)s4)s3)C(c3ccc(-c4ccc(-c5cccs5)s4)s3)=C3C=C(C(C)(C)C)C=C4c5ccccc5C(=C1)[C@]2(C)[C@@]43C. The molecule has 7 aromatic rings. The predicted molar refractivity (Wildman–Crippen MR) is 269 cm³/mol. The van der Waals surface area contributed by atoms with Crippen LogP contribution in [0.25, 0.3) is 61.3 Å². The number of hydrogen-bond donors (Lipinski definition) is 0. The fourth-order valence-electron chi connectivity index (χ4n) is 9.84. The summed E-state index contributed by atoms with van der Waals surface area (Å²) >= 11 is 11.4. The lowest BCUT2D eigenvalue weighted by Crippen LogP contribution is -2.49. The topological polar surface area (TPSA) is 0 Å². The fourth-order valence-corrected chi connectivity index (χ4v) is 15.8. The molecule has 60 heavy (non-hydrogen) atoms. The Morgan fingerprint density at radius 2 is 0.700 bits per heavy atom. The van der Waals surface area contributed by atoms with Gasteiger partial charge in [0.1, 0.15) is 0 Å². The summed E-state index contributed by atoms with van der Waals surface area (Å²) in [5.41, 5.74) is 13.4. The monoisotopic (exact) mass is 886 g/mol. The van der Waals surface area contributed by atoms with E-state index in [1.54, 1.807) is 0 Å². The van der Waals surface area contributed by atoms with Crippen molar-refractivity contribution in [2.75, 3.05) is 0 Å². The highest BCUT2D eigenvalue weighted by Gasteiger charge is 2.62. The number of thiophene rings is 6. The van der Waals surface area contributed by atoms with Crippen LogP contribution in [0.2, 0.25) is 0 Å². The molecule has 0 radical (unpaired) electrons. The van der Waals surface area contributed by atoms with Crippen LogP contribution >= 0.6 is 68.0 Å². The van der Waals surface area contributed by atoms with Gasteiger partial charge in [0.15, 0.2) is 0 Å². The average Bonchev–Trinajstić information content (AvgIpc) is 4.05. The van der Waals surface area contributed by atoms with Gasteiger partial charge in [-0.3, -0.25) is 0 Å². The first kappa shape index (κ1) is 38.8. The maximum absolute atomic E-state index is 2.62. The molecule has 0 nitrogen and oxygen atoms in total. The van der Waals surface area contributed by atoms with E-state index in [0.29, 0.717) is 0 Å². The largest absolute Gasteiger partial charge is 0.143 e. The smallest absolute Gasteiger partial charge is 0.0449 e. The molecule has 0 N–H and O–H groups in total. The van der Waals surface area contributed by atoms with E-state index >= 15 is 0 Å². The van der Waals surface area contributed by atoms with Crippen molar-refractivity contribution in [3.8, 4) is 39.0 Å². The first-order chi connectivity index (χ1) is 28.7. The van der Waals surface area contributed by atoms with E-state index in [9.17, 15) is 0 Å². The van der Waals surface area contributed by atoms with Crippen molar-refractivity contribution in [2.24, 2.45) is 21.7 Å². The molecule has 0 unspecified atom stereocenters. The van der Waals surface area contributed by atoms with Crippen LogP contribution in [0, 0.1) is 21.7 Å². The van der Waals surface area contributed by atoms with E-state index in [1.807, 2.05) is 68.0 Å². The molecule has 4 aliphatic carbocycles. The first-order valence-electron chi connectivity index (χ1n) is 20.7. The lowest BCUT2D eigenvalue weighted by Gasteiger charge is -2.61. The first-order valence-corrected chi connectivity index (χ1v) is 25.7. The van der Waals surface area contributed by atoms with Crippen LogP contribution < -0.4 is 0 Å². The second kappa shape index (κ2) is 13.7. The molecular formula is C54H46S6. The van der Waals surface area contributed by atoms with Crippen molar-refractivity contribution in [3.05, 3.63) is 175 Å². The van der Waals surface area contributed by atoms with E-state index < -0.39 is 0 Å². The van der Waals surface area contributed by atoms with Gasteiger partial charge in [-0.1, -0.05) is 116 Å². The zero-order valence-corrected chi connectivity index (χ0v) is 40.1. The number of benzene rings is 1. The molecule has 298 valence electrons. The van der Waals surface area contributed by atoms with Crippen LogP contribution in [0.1, 0.15) is 76.3 Å². The lowest BCUT2D eigenvalue weighted by atomic mass is 9.41. The predicted octanol–water partition coefficient (Wildman–Crippen LogP) is 18.4. The summed E-state index contributed by atoms with van der Waals surface area (Å²) in [4.78, 5) is 13.4. The Morgan fingerprint density at radius 3 is 1.03 bits per heavy atom. The molecule has 11 rings (SSSR count). The van der Waals surface area contributed by atoms with Crippen LogP contribution in [0.4, 0.5) is 0 Å². The van der Waals surface area contributed by atoms with Gasteiger partial charge in [-0.2, -0.15) is 0 Å². The van der Waals surface area contributed by atoms with E-state index in [-0.39, 0.29) is 21.7 Å². The molecule has 0 saturated heterocycles. The van der Waals surface area contributed by atoms with Crippen LogP contribution in [0.3, 0.4) is 0 Å². The van der Waals surface area contributed by atoms with Crippen LogP contribution in [-0.2, 0) is 0 Å². The van der Waals surface area contributed by atoms with Crippen LogP contribution in [-0.4, -0.2) is 0 Å². The molecule has 6 aromatic heterocycles. The Kier molecular flexibility index (Phi) is 8.84. The summed E-state index contributed by atoms with van der Waals surface area (Å²) in [5, 5.41) is 4.35. The van der Waals surface area contributed by atoms with Gasteiger partial charge in [0.2, 0.25) is 0 Å². The molecule has 0 saturated carbocycles. The summed E-state index contributed by atoms with van der Waals surface area (Å²) in [6.07, 6.45) is 10.4. The lowest BCUT2D eigenvalue weighted by molar-refractivity contribution is 0.301. The minimum absolute atomic E-state index is 0.0419. The minimum Gasteiger partial charge on any atom is -0.143 e. The molecule has 1 aromatic carbocycles. The standard InChI is InChI=1S/C54H46S6/c1-51(2,3)31-27-35-33-13-9-10-14-34(33)36-28-32(52(4,5)6)30-38-50(48-24-22-46(60-48)44-20-18-42(58-44)40-16-12-26-56-40)49(37(29-31)53(35,7)54(36,38)8)47-23-21-45(59-47)43-19-17-41(57-43)39-15-11-25-55-39/h9-30H,1-8H3/t53-,54-/m0/s1. The maximum atomic E-state index is 2.62. The molecule has 0 aliphatic heterocycles. The Bertz CT molecular complexity index is 2850. The maximum Gasteiger partial charge on any atom is 0.0449 e. The summed E-state index contributed by atoms with van der Waals surface area (Å²) in [6, 6.07) is 37.0. The van der Waals surface area contributed by atoms with E-state index in [2.05, 4.69) is 188 Å². The molecule has 0 amide bonds. The van der Waals surface area contributed by atoms with Crippen molar-refractivity contribution in [1.82, 2.24) is 0 Å². The second-order valence-electron chi connectivity index (χ2n) is 18.8. The third-order valence-corrected chi connectivity index (χ3v) is 20.2. The number of rotatable bonds is 6. The van der Waals surface area contributed by atoms with Gasteiger partial charge in [-0.25, -0.2) is 0 Å². The molecule has 0 fully saturated rings. The highest BCUT2D eigenvalue weighted by atomic mass is 32.1. The summed E-state index contributed by atoms with van der Waals surface area (Å²) in [7, 11) is 0. The highest BCUT2D eigenvalue weighted by molar-refractivity contribution is 7.27. The van der Waals surface area contributed by atoms with Gasteiger partial charge in [0.25, 0.3) is 0 Å². The van der Waals surface area contributed by atoms with E-state index in [0.717, 1.165) is 0 Å². The van der Waals surface area contributed by atoms with Crippen molar-refractivity contribution in [2.45, 2.75) is 55.4 Å². The summed E-state index contributed by atoms with van der Waals surface area (Å²) in [5.74, 6) is 0. The highest BCUT2D eigenvalue weighted by Crippen LogP contribution is 2.75. The average molecular weight is 887 g/mol. The molecule has 4 aliphatic rings. The Balaban J connectivity index is 1.22. The van der Waals surface area contributed by atoms with Gasteiger partial charge in [-0.05, 0) is 127 Å². The molecule has 0 bridgehead atoms. The molecular weight excluding hydrogens is 841 g/mol. The number of hydrogen-bond acceptors (Lipinski definition) is 6. The fraction of sp³-hybridized carbons (Fsp3) is 0.222. The Labute approximate surface area is 378 Å². The van der Waals surface area contributed by atoms with Crippen LogP contribution in [0.5, 0.6) is 0 Å². The normalized spacial score (nSPS) is 21.1. The molecule has 6 heterocycles. The quantitative estimate of drug-likeness (QED) is 0.156. The third-order valence-electron chi connectivity index (χ3n) is 13.3. The van der Waals surface area contributed by atoms with Gasteiger partial charge in [-0.15, -0.1) is 68.0 Å². The van der Waals surface area contributed by atoms with Gasteiger partial charge >= 0.3 is 0 Å². The van der Waals surface area contributed by atoms with Gasteiger partial charge < -0.3 is 0 Å². The van der Waals surface area contributed by atoms with Gasteiger partial charge in [0, 0.05) is 70.7 Å². The molecule has 0 spiro atoms. The van der Waals surface area contributed by atoms with E-state index in [1.165, 1.54) is 104 Å². The van der Waals surface area contributed by atoms with Crippen LogP contribution in [0.15, 0.2) is 154 Å². The number of allylic oxidation sites excluding steroid dienone is 12. The summed E-state index contributed by atoms with van der Waals surface area (Å²) in [6.45, 7) is 19.5. The van der Waals surface area contributed by atoms with E-state index in [4.69, 9.17) is 0 Å². The zero-order valence-electron chi connectivity index (χ0n) is 35.2.